The van der Waals surface area contributed by atoms with Crippen LogP contribution in [0.3, 0.4) is 0 Å². The largest absolute Gasteiger partial charge is 0.395 e. The highest BCUT2D eigenvalue weighted by Crippen LogP contribution is 2.24. The molecule has 0 aromatic heterocycles. The summed E-state index contributed by atoms with van der Waals surface area (Å²) in [4.78, 5) is 16.9. The monoisotopic (exact) mass is 331 g/mol. The molecular formula is C19H29N3O2. The first kappa shape index (κ1) is 17.2. The Hall–Kier alpha value is -1.59. The van der Waals surface area contributed by atoms with Gasteiger partial charge in [-0.1, -0.05) is 6.42 Å². The Balaban J connectivity index is 1.56. The zero-order valence-corrected chi connectivity index (χ0v) is 14.6. The Morgan fingerprint density at radius 2 is 1.88 bits per heavy atom. The fourth-order valence-electron chi connectivity index (χ4n) is 3.92. The fourth-order valence-corrected chi connectivity index (χ4v) is 3.92. The normalized spacial score (nSPS) is 25.0. The van der Waals surface area contributed by atoms with Gasteiger partial charge in [0, 0.05) is 36.5 Å². The first-order valence-corrected chi connectivity index (χ1v) is 9.19. The molecule has 24 heavy (non-hydrogen) atoms. The van der Waals surface area contributed by atoms with Gasteiger partial charge in [-0.2, -0.15) is 0 Å². The lowest BCUT2D eigenvalue weighted by atomic mass is 9.97. The molecule has 3 rings (SSSR count). The number of likely N-dealkylation sites (tertiary alicyclic amines) is 1. The van der Waals surface area contributed by atoms with Crippen molar-refractivity contribution in [2.24, 2.45) is 0 Å². The van der Waals surface area contributed by atoms with Crippen molar-refractivity contribution < 1.29 is 9.90 Å². The third-order valence-corrected chi connectivity index (χ3v) is 5.35. The second-order valence-corrected chi connectivity index (χ2v) is 7.08. The average Bonchev–Trinajstić information content (AvgIpc) is 3.12. The molecule has 1 amide bonds. The lowest BCUT2D eigenvalue weighted by Crippen LogP contribution is -2.50. The van der Waals surface area contributed by atoms with E-state index in [1.807, 2.05) is 12.1 Å². The summed E-state index contributed by atoms with van der Waals surface area (Å²) in [5, 5.41) is 12.5. The molecule has 2 aliphatic rings. The second kappa shape index (κ2) is 7.99. The molecule has 2 heterocycles. The summed E-state index contributed by atoms with van der Waals surface area (Å²) in [5.74, 6) is -0.00359. The van der Waals surface area contributed by atoms with Gasteiger partial charge in [0.25, 0.3) is 0 Å². The van der Waals surface area contributed by atoms with Gasteiger partial charge in [0.2, 0.25) is 5.91 Å². The van der Waals surface area contributed by atoms with Crippen molar-refractivity contribution in [2.75, 3.05) is 36.5 Å². The zero-order chi connectivity index (χ0) is 16.9. The van der Waals surface area contributed by atoms with E-state index in [1.54, 1.807) is 0 Å². The predicted octanol–water partition coefficient (Wildman–Crippen LogP) is 2.46. The maximum absolute atomic E-state index is 12.4. The Morgan fingerprint density at radius 3 is 2.54 bits per heavy atom. The molecule has 5 heteroatoms. The van der Waals surface area contributed by atoms with Gasteiger partial charge in [-0.3, -0.25) is 9.69 Å². The van der Waals surface area contributed by atoms with Gasteiger partial charge in [-0.05, 0) is 56.9 Å². The smallest absolute Gasteiger partial charge is 0.238 e. The van der Waals surface area contributed by atoms with Crippen LogP contribution >= 0.6 is 0 Å². The summed E-state index contributed by atoms with van der Waals surface area (Å²) in [6, 6.07) is 8.59. The van der Waals surface area contributed by atoms with Crippen LogP contribution in [-0.2, 0) is 4.79 Å². The molecule has 2 atom stereocenters. The van der Waals surface area contributed by atoms with E-state index in [4.69, 9.17) is 0 Å². The van der Waals surface area contributed by atoms with Crippen LogP contribution in [0, 0.1) is 0 Å². The van der Waals surface area contributed by atoms with E-state index in [9.17, 15) is 9.90 Å². The van der Waals surface area contributed by atoms with Crippen LogP contribution in [0.2, 0.25) is 0 Å². The lowest BCUT2D eigenvalue weighted by molar-refractivity contribution is -0.119. The Labute approximate surface area is 144 Å². The second-order valence-electron chi connectivity index (χ2n) is 7.08. The summed E-state index contributed by atoms with van der Waals surface area (Å²) in [7, 11) is 0. The summed E-state index contributed by atoms with van der Waals surface area (Å²) in [6.45, 7) is 4.87. The molecule has 2 saturated heterocycles. The van der Waals surface area contributed by atoms with Gasteiger partial charge in [0.15, 0.2) is 0 Å². The summed E-state index contributed by atoms with van der Waals surface area (Å²) in [5.41, 5.74) is 2.07. The highest BCUT2D eigenvalue weighted by molar-refractivity contribution is 5.92. The Bertz CT molecular complexity index is 540. The first-order chi connectivity index (χ1) is 11.7. The van der Waals surface area contributed by atoms with Gasteiger partial charge in [0.05, 0.1) is 13.2 Å². The van der Waals surface area contributed by atoms with Crippen molar-refractivity contribution in [3.8, 4) is 0 Å². The van der Waals surface area contributed by atoms with Crippen molar-refractivity contribution >= 4 is 17.3 Å². The van der Waals surface area contributed by atoms with E-state index >= 15 is 0 Å². The molecule has 0 saturated carbocycles. The minimum atomic E-state index is -0.00359. The number of carbonyl (C=O) groups excluding carboxylic acids is 1. The number of hydrogen-bond acceptors (Lipinski definition) is 4. The van der Waals surface area contributed by atoms with Gasteiger partial charge in [-0.15, -0.1) is 0 Å². The number of rotatable bonds is 5. The van der Waals surface area contributed by atoms with Crippen molar-refractivity contribution in [1.82, 2.24) is 4.90 Å². The molecule has 2 fully saturated rings. The molecule has 2 unspecified atom stereocenters. The van der Waals surface area contributed by atoms with E-state index in [0.717, 1.165) is 38.0 Å². The molecule has 5 nitrogen and oxygen atoms in total. The van der Waals surface area contributed by atoms with Crippen LogP contribution in [0.25, 0.3) is 0 Å². The van der Waals surface area contributed by atoms with E-state index in [0.29, 0.717) is 12.6 Å². The van der Waals surface area contributed by atoms with E-state index in [2.05, 4.69) is 34.2 Å². The van der Waals surface area contributed by atoms with Crippen LogP contribution in [0.4, 0.5) is 11.4 Å². The first-order valence-electron chi connectivity index (χ1n) is 9.19. The zero-order valence-electron chi connectivity index (χ0n) is 14.6. The number of anilines is 2. The predicted molar refractivity (Wildman–Crippen MR) is 97.4 cm³/mol. The number of benzene rings is 1. The topological polar surface area (TPSA) is 55.8 Å². The Morgan fingerprint density at radius 1 is 1.17 bits per heavy atom. The summed E-state index contributed by atoms with van der Waals surface area (Å²) >= 11 is 0. The van der Waals surface area contributed by atoms with Crippen molar-refractivity contribution in [1.29, 1.82) is 0 Å². The fraction of sp³-hybridized carbons (Fsp3) is 0.632. The minimum absolute atomic E-state index is 0.00359. The van der Waals surface area contributed by atoms with Gasteiger partial charge < -0.3 is 15.3 Å². The highest BCUT2D eigenvalue weighted by Gasteiger charge is 2.28. The molecule has 2 aliphatic heterocycles. The molecule has 1 aromatic rings. The van der Waals surface area contributed by atoms with Crippen LogP contribution in [-0.4, -0.2) is 54.2 Å². The molecule has 0 bridgehead atoms. The third-order valence-electron chi connectivity index (χ3n) is 5.35. The lowest BCUT2D eigenvalue weighted by Gasteiger charge is -2.39. The number of amides is 1. The maximum Gasteiger partial charge on any atom is 0.238 e. The molecule has 0 spiro atoms. The number of aliphatic hydroxyl groups is 1. The molecular weight excluding hydrogens is 302 g/mol. The summed E-state index contributed by atoms with van der Waals surface area (Å²) < 4.78 is 0. The Kier molecular flexibility index (Phi) is 5.74. The number of piperidine rings is 1. The van der Waals surface area contributed by atoms with Gasteiger partial charge in [0.1, 0.15) is 0 Å². The molecule has 132 valence electrons. The quantitative estimate of drug-likeness (QED) is 0.870. The highest BCUT2D eigenvalue weighted by atomic mass is 16.3. The number of aliphatic hydroxyl groups excluding tert-OH is 1. The van der Waals surface area contributed by atoms with E-state index in [1.165, 1.54) is 18.5 Å². The van der Waals surface area contributed by atoms with E-state index in [-0.39, 0.29) is 18.6 Å². The number of nitrogens with zero attached hydrogens (tertiary/aromatic N) is 2. The van der Waals surface area contributed by atoms with Crippen molar-refractivity contribution in [3.05, 3.63) is 24.3 Å². The third kappa shape index (κ3) is 4.08. The molecule has 0 radical (unpaired) electrons. The maximum atomic E-state index is 12.4. The average molecular weight is 331 g/mol. The molecule has 2 N–H and O–H groups in total. The van der Waals surface area contributed by atoms with Gasteiger partial charge >= 0.3 is 0 Å². The van der Waals surface area contributed by atoms with E-state index < -0.39 is 0 Å². The molecule has 0 aliphatic carbocycles. The minimum Gasteiger partial charge on any atom is -0.395 e. The van der Waals surface area contributed by atoms with Crippen LogP contribution in [0.1, 0.15) is 39.0 Å². The number of nitrogens with one attached hydrogen (secondary N) is 1. The number of hydrogen-bond donors (Lipinski definition) is 2. The van der Waals surface area contributed by atoms with Crippen LogP contribution in [0.15, 0.2) is 24.3 Å². The number of carbonyl (C=O) groups is 1. The SMILES string of the molecule is CC1CCCC(CO)N1CC(=O)Nc1ccc(N2CCCC2)cc1. The summed E-state index contributed by atoms with van der Waals surface area (Å²) in [6.07, 6.45) is 5.71. The van der Waals surface area contributed by atoms with Crippen LogP contribution < -0.4 is 10.2 Å². The molecule has 1 aromatic carbocycles. The standard InChI is InChI=1S/C19H29N3O2/c1-15-5-4-6-18(14-23)22(15)13-19(24)20-16-7-9-17(10-8-16)21-11-2-3-12-21/h7-10,15,18,23H,2-6,11-14H2,1H3,(H,20,24). The van der Waals surface area contributed by atoms with Crippen LogP contribution in [0.5, 0.6) is 0 Å². The van der Waals surface area contributed by atoms with Crippen molar-refractivity contribution in [3.63, 3.8) is 0 Å². The van der Waals surface area contributed by atoms with Gasteiger partial charge in [-0.25, -0.2) is 0 Å². The van der Waals surface area contributed by atoms with Crippen molar-refractivity contribution in [2.45, 2.75) is 51.1 Å².